The van der Waals surface area contributed by atoms with Gasteiger partial charge in [-0.25, -0.2) is 8.42 Å². The minimum absolute atomic E-state index is 0.0571. The highest BCUT2D eigenvalue weighted by Crippen LogP contribution is 2.35. The third kappa shape index (κ3) is 3.92. The molecule has 0 bridgehead atoms. The highest BCUT2D eigenvalue weighted by Gasteiger charge is 2.31. The Balaban J connectivity index is 1.66. The zero-order chi connectivity index (χ0) is 24.3. The number of hydrogen-bond acceptors (Lipinski definition) is 7. The second-order valence-electron chi connectivity index (χ2n) is 8.58. The molecule has 0 atom stereocenters. The van der Waals surface area contributed by atoms with Crippen LogP contribution in [0.15, 0.2) is 56.6 Å². The number of hydrogen-bond donors (Lipinski definition) is 3. The molecule has 5 rings (SSSR count). The number of aromatic nitrogens is 1. The Bertz CT molecular complexity index is 1640. The molecule has 3 N–H and O–H groups in total. The molecule has 0 amide bonds. The van der Waals surface area contributed by atoms with Crippen LogP contribution >= 0.6 is 0 Å². The topological polar surface area (TPSA) is 147 Å². The molecule has 1 aliphatic heterocycles. The van der Waals surface area contributed by atoms with Gasteiger partial charge in [-0.2, -0.15) is 8.42 Å². The first-order chi connectivity index (χ1) is 16.0. The van der Waals surface area contributed by atoms with Crippen molar-refractivity contribution in [3.8, 4) is 5.75 Å². The Morgan fingerprint density at radius 2 is 1.94 bits per heavy atom. The quantitative estimate of drug-likeness (QED) is 0.485. The van der Waals surface area contributed by atoms with E-state index in [9.17, 15) is 26.7 Å². The average molecular weight is 503 g/mol. The summed E-state index contributed by atoms with van der Waals surface area (Å²) in [6.45, 7) is 0.462. The molecular weight excluding hydrogens is 480 g/mol. The molecule has 2 aliphatic rings. The number of nitrogens with one attached hydrogen (secondary N) is 2. The molecule has 178 valence electrons. The Morgan fingerprint density at radius 3 is 2.62 bits per heavy atom. The highest BCUT2D eigenvalue weighted by molar-refractivity contribution is 7.92. The number of fused-ring (bicyclic) bond motifs is 2. The fraction of sp³-hybridized carbons (Fsp3) is 0.273. The summed E-state index contributed by atoms with van der Waals surface area (Å²) >= 11 is 0. The van der Waals surface area contributed by atoms with Crippen molar-refractivity contribution in [3.63, 3.8) is 0 Å². The number of rotatable bonds is 5. The van der Waals surface area contributed by atoms with Crippen LogP contribution in [0.5, 0.6) is 5.75 Å². The van der Waals surface area contributed by atoms with Crippen LogP contribution in [-0.2, 0) is 26.6 Å². The number of aromatic hydroxyl groups is 1. The van der Waals surface area contributed by atoms with E-state index in [1.807, 2.05) is 0 Å². The van der Waals surface area contributed by atoms with Crippen molar-refractivity contribution in [1.82, 2.24) is 4.57 Å². The largest absolute Gasteiger partial charge is 0.506 e. The molecule has 1 fully saturated rings. The van der Waals surface area contributed by atoms with E-state index in [0.29, 0.717) is 23.4 Å². The van der Waals surface area contributed by atoms with Gasteiger partial charge >= 0.3 is 0 Å². The minimum atomic E-state index is -4.30. The van der Waals surface area contributed by atoms with Gasteiger partial charge in [0.25, 0.3) is 15.6 Å². The number of pyridine rings is 1. The van der Waals surface area contributed by atoms with Gasteiger partial charge in [0.2, 0.25) is 10.0 Å². The van der Waals surface area contributed by atoms with Crippen LogP contribution in [0.3, 0.4) is 0 Å². The second kappa shape index (κ2) is 7.84. The first kappa shape index (κ1) is 22.4. The second-order valence-corrected chi connectivity index (χ2v) is 11.9. The van der Waals surface area contributed by atoms with Crippen LogP contribution in [0.25, 0.3) is 10.9 Å². The van der Waals surface area contributed by atoms with E-state index in [1.54, 1.807) is 28.8 Å². The van der Waals surface area contributed by atoms with E-state index < -0.39 is 25.6 Å². The molecule has 1 saturated carbocycles. The number of sulfonamides is 2. The molecule has 2 aromatic carbocycles. The number of amidine groups is 1. The Morgan fingerprint density at radius 1 is 1.21 bits per heavy atom. The summed E-state index contributed by atoms with van der Waals surface area (Å²) < 4.78 is 56.6. The van der Waals surface area contributed by atoms with Crippen LogP contribution < -0.4 is 15.6 Å². The van der Waals surface area contributed by atoms with Gasteiger partial charge in [-0.05, 0) is 49.1 Å². The summed E-state index contributed by atoms with van der Waals surface area (Å²) in [5.74, 6) is -0.303. The molecule has 0 spiro atoms. The van der Waals surface area contributed by atoms with Gasteiger partial charge in [0.05, 0.1) is 17.5 Å². The van der Waals surface area contributed by atoms with Gasteiger partial charge in [-0.3, -0.25) is 9.52 Å². The molecule has 0 saturated heterocycles. The fourth-order valence-electron chi connectivity index (χ4n) is 4.26. The van der Waals surface area contributed by atoms with Crippen molar-refractivity contribution >= 4 is 48.2 Å². The van der Waals surface area contributed by atoms with Gasteiger partial charge < -0.3 is 15.0 Å². The molecule has 3 aromatic rings. The van der Waals surface area contributed by atoms with Gasteiger partial charge in [0.15, 0.2) is 5.84 Å². The number of para-hydroxylation sites is 1. The van der Waals surface area contributed by atoms with Gasteiger partial charge in [-0.15, -0.1) is 4.40 Å². The summed E-state index contributed by atoms with van der Waals surface area (Å²) in [7, 11) is -7.92. The Kier molecular flexibility index (Phi) is 5.17. The summed E-state index contributed by atoms with van der Waals surface area (Å²) in [4.78, 5) is 13.3. The molecule has 0 radical (unpaired) electrons. The number of nitrogens with zero attached hydrogens (tertiary/aromatic N) is 2. The molecular formula is C22H22N4O6S2. The molecule has 1 aromatic heterocycles. The molecule has 1 aliphatic carbocycles. The normalized spacial score (nSPS) is 17.4. The predicted octanol–water partition coefficient (Wildman–Crippen LogP) is 2.44. The van der Waals surface area contributed by atoms with Gasteiger partial charge in [0.1, 0.15) is 16.2 Å². The standard InChI is InChI=1S/C22H22N4O6S2/c1-33(29,30)24-14-9-10-16-18(11-14)34(31,32)25-21(23-16)19-20(27)15-7-2-3-8-17(15)26(22(19)28)12-13-5-4-6-13/h2-3,7-11,13,24,27H,4-6,12H2,1H3,(H,23,25). The van der Waals surface area contributed by atoms with E-state index >= 15 is 0 Å². The summed E-state index contributed by atoms with van der Waals surface area (Å²) in [6, 6.07) is 10.8. The maximum absolute atomic E-state index is 13.5. The Labute approximate surface area is 196 Å². The van der Waals surface area contributed by atoms with Crippen molar-refractivity contribution in [2.75, 3.05) is 16.3 Å². The Hall–Kier alpha value is -3.38. The van der Waals surface area contributed by atoms with Crippen LogP contribution in [0.1, 0.15) is 24.8 Å². The number of benzene rings is 2. The smallest absolute Gasteiger partial charge is 0.286 e. The third-order valence-corrected chi connectivity index (χ3v) is 8.00. The van der Waals surface area contributed by atoms with Crippen molar-refractivity contribution in [2.45, 2.75) is 30.7 Å². The summed E-state index contributed by atoms with van der Waals surface area (Å²) in [5.41, 5.74) is -0.0333. The maximum atomic E-state index is 13.5. The van der Waals surface area contributed by atoms with Crippen molar-refractivity contribution in [2.24, 2.45) is 10.3 Å². The first-order valence-electron chi connectivity index (χ1n) is 10.6. The lowest BCUT2D eigenvalue weighted by molar-refractivity contribution is 0.277. The lowest BCUT2D eigenvalue weighted by atomic mass is 9.85. The van der Waals surface area contributed by atoms with Gasteiger partial charge in [-0.1, -0.05) is 18.6 Å². The van der Waals surface area contributed by atoms with Crippen LogP contribution in [0.4, 0.5) is 11.4 Å². The fourth-order valence-corrected chi connectivity index (χ4v) is 5.97. The molecule has 2 heterocycles. The number of anilines is 2. The monoisotopic (exact) mass is 502 g/mol. The minimum Gasteiger partial charge on any atom is -0.506 e. The SMILES string of the molecule is CS(=O)(=O)Nc1ccc2c(c1)S(=O)(=O)N=C(c1c(O)c3ccccc3n(CC3CCC3)c1=O)N2. The van der Waals surface area contributed by atoms with Gasteiger partial charge in [0, 0.05) is 17.6 Å². The molecule has 0 unspecified atom stereocenters. The van der Waals surface area contributed by atoms with E-state index in [2.05, 4.69) is 14.4 Å². The van der Waals surface area contributed by atoms with Crippen molar-refractivity contribution < 1.29 is 21.9 Å². The molecule has 34 heavy (non-hydrogen) atoms. The van der Waals surface area contributed by atoms with Crippen LogP contribution in [0, 0.1) is 5.92 Å². The van der Waals surface area contributed by atoms with Crippen LogP contribution in [0.2, 0.25) is 0 Å². The lowest BCUT2D eigenvalue weighted by Gasteiger charge is -2.27. The third-order valence-electron chi connectivity index (χ3n) is 6.08. The van der Waals surface area contributed by atoms with Crippen molar-refractivity contribution in [1.29, 1.82) is 0 Å². The first-order valence-corrected chi connectivity index (χ1v) is 14.0. The zero-order valence-corrected chi connectivity index (χ0v) is 19.8. The average Bonchev–Trinajstić information content (AvgIpc) is 2.71. The van der Waals surface area contributed by atoms with E-state index in [4.69, 9.17) is 0 Å². The predicted molar refractivity (Wildman–Crippen MR) is 129 cm³/mol. The summed E-state index contributed by atoms with van der Waals surface area (Å²) in [6.07, 6.45) is 4.05. The molecule has 12 heteroatoms. The van der Waals surface area contributed by atoms with Crippen molar-refractivity contribution in [3.05, 3.63) is 58.4 Å². The van der Waals surface area contributed by atoms with E-state index in [0.717, 1.165) is 31.6 Å². The van der Waals surface area contributed by atoms with E-state index in [1.165, 1.54) is 12.1 Å². The van der Waals surface area contributed by atoms with Crippen LogP contribution in [-0.4, -0.2) is 38.6 Å². The van der Waals surface area contributed by atoms with E-state index in [-0.39, 0.29) is 33.4 Å². The summed E-state index contributed by atoms with van der Waals surface area (Å²) in [5, 5.41) is 14.2. The molecule has 10 nitrogen and oxygen atoms in total. The maximum Gasteiger partial charge on any atom is 0.286 e. The highest BCUT2D eigenvalue weighted by atomic mass is 32.2. The lowest BCUT2D eigenvalue weighted by Crippen LogP contribution is -2.34. The zero-order valence-electron chi connectivity index (χ0n) is 18.1.